The number of hydrogen-bond acceptors (Lipinski definition) is 8. The molecule has 2 atom stereocenters. The zero-order valence-corrected chi connectivity index (χ0v) is 19.7. The van der Waals surface area contributed by atoms with Crippen LogP contribution in [0.15, 0.2) is 40.5 Å². The summed E-state index contributed by atoms with van der Waals surface area (Å²) in [5.41, 5.74) is 0.395. The lowest BCUT2D eigenvalue weighted by Gasteiger charge is -2.42. The smallest absolute Gasteiger partial charge is 0.327 e. The normalized spacial score (nSPS) is 23.4. The predicted molar refractivity (Wildman–Crippen MR) is 126 cm³/mol. The lowest BCUT2D eigenvalue weighted by molar-refractivity contribution is -0.177. The molecule has 2 unspecified atom stereocenters. The third-order valence-electron chi connectivity index (χ3n) is 6.88. The van der Waals surface area contributed by atoms with Gasteiger partial charge in [0.15, 0.2) is 27.4 Å². The van der Waals surface area contributed by atoms with Gasteiger partial charge in [-0.25, -0.2) is 9.97 Å². The summed E-state index contributed by atoms with van der Waals surface area (Å²) < 4.78 is 11.4. The molecule has 178 valence electrons. The predicted octanol–water partition coefficient (Wildman–Crippen LogP) is 3.19. The van der Waals surface area contributed by atoms with E-state index in [1.54, 1.807) is 7.11 Å². The summed E-state index contributed by atoms with van der Waals surface area (Å²) in [6, 6.07) is 7.82. The van der Waals surface area contributed by atoms with Crippen LogP contribution in [0.1, 0.15) is 44.1 Å². The molecule has 1 saturated carbocycles. The number of aromatic amines is 2. The van der Waals surface area contributed by atoms with Gasteiger partial charge in [0.1, 0.15) is 11.4 Å². The number of benzene rings is 1. The van der Waals surface area contributed by atoms with E-state index >= 15 is 0 Å². The molecule has 3 aromatic rings. The zero-order valence-electron chi connectivity index (χ0n) is 18.8. The second kappa shape index (κ2) is 9.25. The summed E-state index contributed by atoms with van der Waals surface area (Å²) >= 11 is 0.916. The highest BCUT2D eigenvalue weighted by molar-refractivity contribution is 8.01. The average molecular weight is 483 g/mol. The van der Waals surface area contributed by atoms with Gasteiger partial charge in [-0.3, -0.25) is 19.4 Å². The molecule has 2 N–H and O–H groups in total. The lowest BCUT2D eigenvalue weighted by Crippen LogP contribution is -2.53. The number of H-pyrrole nitrogens is 2. The number of aromatic nitrogens is 4. The number of hydrogen-bond donors (Lipinski definition) is 2. The number of rotatable bonds is 7. The first kappa shape index (κ1) is 22.6. The molecular formula is C24H26N4O5S. The first-order valence-electron chi connectivity index (χ1n) is 11.5. The van der Waals surface area contributed by atoms with Gasteiger partial charge in [0.05, 0.1) is 13.4 Å². The van der Waals surface area contributed by atoms with Gasteiger partial charge in [-0.15, -0.1) is 0 Å². The number of nitrogens with zero attached hydrogens (tertiary/aromatic N) is 2. The first-order valence-corrected chi connectivity index (χ1v) is 12.3. The number of nitrogens with one attached hydrogen (secondary N) is 2. The highest BCUT2D eigenvalue weighted by atomic mass is 32.2. The van der Waals surface area contributed by atoms with Crippen molar-refractivity contribution in [2.75, 3.05) is 7.11 Å². The SMILES string of the molecule is COc1ccc(CCC2(C3CCCC3)CC(=O)C(Sc3nc4nc[nH]c4c(=O)[nH]3)C(=O)O2)cc1. The Morgan fingerprint density at radius 1 is 1.18 bits per heavy atom. The van der Waals surface area contributed by atoms with Gasteiger partial charge in [0.2, 0.25) is 0 Å². The molecule has 1 aromatic carbocycles. The number of cyclic esters (lactones) is 1. The van der Waals surface area contributed by atoms with Gasteiger partial charge in [0.25, 0.3) is 5.56 Å². The van der Waals surface area contributed by atoms with E-state index in [0.717, 1.165) is 48.8 Å². The van der Waals surface area contributed by atoms with Crippen molar-refractivity contribution in [2.24, 2.45) is 5.92 Å². The van der Waals surface area contributed by atoms with Crippen LogP contribution in [0.5, 0.6) is 5.75 Å². The van der Waals surface area contributed by atoms with Crippen LogP contribution >= 0.6 is 11.8 Å². The Balaban J connectivity index is 1.35. The Labute approximate surface area is 200 Å². The molecule has 3 heterocycles. The Morgan fingerprint density at radius 2 is 1.94 bits per heavy atom. The number of esters is 1. The van der Waals surface area contributed by atoms with Crippen LogP contribution in [-0.2, 0) is 20.7 Å². The number of carbonyl (C=O) groups is 2. The first-order chi connectivity index (χ1) is 16.5. The van der Waals surface area contributed by atoms with Crippen molar-refractivity contribution in [3.63, 3.8) is 0 Å². The highest BCUT2D eigenvalue weighted by Gasteiger charge is 2.52. The minimum Gasteiger partial charge on any atom is -0.497 e. The molecular weight excluding hydrogens is 456 g/mol. The van der Waals surface area contributed by atoms with Crippen molar-refractivity contribution >= 4 is 34.7 Å². The van der Waals surface area contributed by atoms with Crippen LogP contribution in [0.3, 0.4) is 0 Å². The van der Waals surface area contributed by atoms with Crippen molar-refractivity contribution in [1.82, 2.24) is 19.9 Å². The van der Waals surface area contributed by atoms with Crippen LogP contribution in [0.2, 0.25) is 0 Å². The molecule has 0 bridgehead atoms. The van der Waals surface area contributed by atoms with Gasteiger partial charge < -0.3 is 14.5 Å². The molecule has 0 spiro atoms. The van der Waals surface area contributed by atoms with Crippen LogP contribution in [0.25, 0.3) is 11.2 Å². The molecule has 2 aromatic heterocycles. The van der Waals surface area contributed by atoms with Crippen molar-refractivity contribution in [3.05, 3.63) is 46.5 Å². The van der Waals surface area contributed by atoms with Gasteiger partial charge in [-0.1, -0.05) is 36.7 Å². The van der Waals surface area contributed by atoms with E-state index in [-0.39, 0.29) is 34.4 Å². The van der Waals surface area contributed by atoms with Crippen LogP contribution in [-0.4, -0.2) is 49.6 Å². The van der Waals surface area contributed by atoms with Crippen molar-refractivity contribution in [3.8, 4) is 5.75 Å². The molecule has 1 aliphatic carbocycles. The summed E-state index contributed by atoms with van der Waals surface area (Å²) in [6.07, 6.45) is 6.89. The minimum absolute atomic E-state index is 0.169. The van der Waals surface area contributed by atoms with Gasteiger partial charge in [-0.2, -0.15) is 0 Å². The van der Waals surface area contributed by atoms with E-state index in [1.165, 1.54) is 6.33 Å². The Bertz CT molecular complexity index is 1240. The number of imidazole rings is 1. The van der Waals surface area contributed by atoms with Crippen molar-refractivity contribution < 1.29 is 19.1 Å². The molecule has 34 heavy (non-hydrogen) atoms. The fourth-order valence-corrected chi connectivity index (χ4v) is 5.96. The fraction of sp³-hybridized carbons (Fsp3) is 0.458. The number of thioether (sulfide) groups is 1. The number of ketones is 1. The maximum Gasteiger partial charge on any atom is 0.327 e. The number of ether oxygens (including phenoxy) is 2. The van der Waals surface area contributed by atoms with E-state index in [1.807, 2.05) is 24.3 Å². The third-order valence-corrected chi connectivity index (χ3v) is 7.99. The largest absolute Gasteiger partial charge is 0.497 e. The summed E-state index contributed by atoms with van der Waals surface area (Å²) in [5, 5.41) is -0.887. The Kier molecular flexibility index (Phi) is 6.16. The van der Waals surface area contributed by atoms with E-state index in [9.17, 15) is 14.4 Å². The molecule has 2 aliphatic rings. The maximum absolute atomic E-state index is 13.3. The van der Waals surface area contributed by atoms with E-state index in [4.69, 9.17) is 9.47 Å². The van der Waals surface area contributed by atoms with Crippen LogP contribution in [0.4, 0.5) is 0 Å². The number of Topliss-reactive ketones (excluding diaryl/α,β-unsaturated/α-hetero) is 1. The van der Waals surface area contributed by atoms with Crippen molar-refractivity contribution in [2.45, 2.75) is 61.0 Å². The van der Waals surface area contributed by atoms with Crippen molar-refractivity contribution in [1.29, 1.82) is 0 Å². The van der Waals surface area contributed by atoms with E-state index < -0.39 is 22.4 Å². The molecule has 0 amide bonds. The number of methoxy groups -OCH3 is 1. The number of fused-ring (bicyclic) bond motifs is 1. The number of carbonyl (C=O) groups excluding carboxylic acids is 2. The molecule has 0 radical (unpaired) electrons. The summed E-state index contributed by atoms with van der Waals surface area (Å²) in [6.45, 7) is 0. The summed E-state index contributed by atoms with van der Waals surface area (Å²) in [4.78, 5) is 52.3. The van der Waals surface area contributed by atoms with Gasteiger partial charge in [0, 0.05) is 6.42 Å². The summed E-state index contributed by atoms with van der Waals surface area (Å²) in [5.74, 6) is 0.205. The highest BCUT2D eigenvalue weighted by Crippen LogP contribution is 2.45. The van der Waals surface area contributed by atoms with E-state index in [2.05, 4.69) is 19.9 Å². The van der Waals surface area contributed by atoms with Crippen LogP contribution in [0, 0.1) is 5.92 Å². The van der Waals surface area contributed by atoms with Gasteiger partial charge in [-0.05, 0) is 49.3 Å². The average Bonchev–Trinajstić information content (AvgIpc) is 3.53. The topological polar surface area (TPSA) is 127 Å². The molecule has 9 nitrogen and oxygen atoms in total. The van der Waals surface area contributed by atoms with E-state index in [0.29, 0.717) is 12.8 Å². The molecule has 10 heteroatoms. The Morgan fingerprint density at radius 3 is 2.65 bits per heavy atom. The molecule has 2 fully saturated rings. The number of aryl methyl sites for hydroxylation is 1. The lowest BCUT2D eigenvalue weighted by atomic mass is 9.76. The second-order valence-corrected chi connectivity index (χ2v) is 10.0. The maximum atomic E-state index is 13.3. The Hall–Kier alpha value is -3.14. The molecule has 1 saturated heterocycles. The van der Waals surface area contributed by atoms with Gasteiger partial charge >= 0.3 is 5.97 Å². The zero-order chi connectivity index (χ0) is 23.7. The standard InChI is InChI=1S/C24H26N4O5S/c1-32-16-8-6-14(7-9-16)10-11-24(15-4-2-3-5-15)12-17(29)19(22(31)33-24)34-23-27-20-18(21(30)28-23)25-13-26-20/h6-9,13,15,19H,2-5,10-12H2,1H3,(H2,25,26,27,28,30). The third kappa shape index (κ3) is 4.34. The monoisotopic (exact) mass is 482 g/mol. The second-order valence-electron chi connectivity index (χ2n) is 8.93. The fourth-order valence-electron chi connectivity index (χ4n) is 5.08. The van der Waals surface area contributed by atoms with Crippen LogP contribution < -0.4 is 10.3 Å². The summed E-state index contributed by atoms with van der Waals surface area (Å²) in [7, 11) is 1.63. The molecule has 5 rings (SSSR count). The molecule has 1 aliphatic heterocycles. The quantitative estimate of drug-likeness (QED) is 0.299. The minimum atomic E-state index is -1.06.